The van der Waals surface area contributed by atoms with Gasteiger partial charge in [-0.2, -0.15) is 0 Å². The second-order valence-corrected chi connectivity index (χ2v) is 12.0. The highest BCUT2D eigenvalue weighted by atomic mass is 16.5. The van der Waals surface area contributed by atoms with E-state index in [9.17, 15) is 14.7 Å². The Morgan fingerprint density at radius 3 is 2.53 bits per heavy atom. The van der Waals surface area contributed by atoms with Crippen molar-refractivity contribution in [3.05, 3.63) is 29.8 Å². The minimum Gasteiger partial charge on any atom is -0.496 e. The number of ether oxygens (including phenoxy) is 1. The van der Waals surface area contributed by atoms with Gasteiger partial charge < -0.3 is 20.5 Å². The molecule has 2 amide bonds. The van der Waals surface area contributed by atoms with E-state index in [0.29, 0.717) is 6.54 Å². The average molecular weight is 499 g/mol. The fourth-order valence-electron chi connectivity index (χ4n) is 7.55. The van der Waals surface area contributed by atoms with Gasteiger partial charge in [0.25, 0.3) is 0 Å². The van der Waals surface area contributed by atoms with Crippen molar-refractivity contribution < 1.29 is 19.4 Å². The summed E-state index contributed by atoms with van der Waals surface area (Å²) in [5.41, 5.74) is 0.990. The molecular weight excluding hydrogens is 452 g/mol. The van der Waals surface area contributed by atoms with E-state index in [-0.39, 0.29) is 52.9 Å². The molecule has 36 heavy (non-hydrogen) atoms. The Labute approximate surface area is 217 Å². The SMILES string of the molecule is COc1ccccc1CNC(=O)[C@@H](C)C1CC[C@@]2(C)CC[C@H](NC(=O)C3CCCCC3)[C@@H](C)[C@@H]2[C@H]1O. The maximum absolute atomic E-state index is 13.1. The monoisotopic (exact) mass is 498 g/mol. The van der Waals surface area contributed by atoms with Crippen LogP contribution in [-0.2, 0) is 16.1 Å². The van der Waals surface area contributed by atoms with Crippen molar-refractivity contribution in [2.45, 2.75) is 97.2 Å². The third-order valence-corrected chi connectivity index (χ3v) is 9.89. The predicted octanol–water partition coefficient (Wildman–Crippen LogP) is 4.84. The van der Waals surface area contributed by atoms with Crippen LogP contribution in [0.5, 0.6) is 5.75 Å². The number of amides is 2. The van der Waals surface area contributed by atoms with E-state index in [1.165, 1.54) is 6.42 Å². The van der Waals surface area contributed by atoms with Gasteiger partial charge >= 0.3 is 0 Å². The molecule has 1 unspecified atom stereocenters. The van der Waals surface area contributed by atoms with Gasteiger partial charge in [-0.15, -0.1) is 0 Å². The Morgan fingerprint density at radius 1 is 1.11 bits per heavy atom. The number of methoxy groups -OCH3 is 1. The summed E-state index contributed by atoms with van der Waals surface area (Å²) >= 11 is 0. The predicted molar refractivity (Wildman–Crippen MR) is 141 cm³/mol. The fourth-order valence-corrected chi connectivity index (χ4v) is 7.55. The number of hydrogen-bond acceptors (Lipinski definition) is 4. The van der Waals surface area contributed by atoms with Crippen LogP contribution < -0.4 is 15.4 Å². The van der Waals surface area contributed by atoms with Gasteiger partial charge in [0.1, 0.15) is 5.75 Å². The number of fused-ring (bicyclic) bond motifs is 1. The van der Waals surface area contributed by atoms with Crippen LogP contribution in [-0.4, -0.2) is 36.2 Å². The van der Waals surface area contributed by atoms with E-state index >= 15 is 0 Å². The van der Waals surface area contributed by atoms with Crippen LogP contribution >= 0.6 is 0 Å². The van der Waals surface area contributed by atoms with Crippen LogP contribution in [0.15, 0.2) is 24.3 Å². The minimum atomic E-state index is -0.555. The van der Waals surface area contributed by atoms with Crippen LogP contribution in [0.4, 0.5) is 0 Å². The topological polar surface area (TPSA) is 87.7 Å². The third kappa shape index (κ3) is 5.58. The molecule has 3 saturated carbocycles. The van der Waals surface area contributed by atoms with Crippen LogP contribution in [0.2, 0.25) is 0 Å². The molecule has 4 rings (SSSR count). The van der Waals surface area contributed by atoms with Crippen molar-refractivity contribution in [3.63, 3.8) is 0 Å². The Hall–Kier alpha value is -2.08. The summed E-state index contributed by atoms with van der Waals surface area (Å²) in [5.74, 6) is 0.968. The van der Waals surface area contributed by atoms with Crippen molar-refractivity contribution in [2.75, 3.05) is 7.11 Å². The van der Waals surface area contributed by atoms with Gasteiger partial charge in [-0.3, -0.25) is 9.59 Å². The fraction of sp³-hybridized carbons (Fsp3) is 0.733. The van der Waals surface area contributed by atoms with Gasteiger partial charge in [-0.1, -0.05) is 58.2 Å². The molecule has 1 aromatic carbocycles. The molecule has 0 heterocycles. The normalized spacial score (nSPS) is 33.8. The molecular formula is C30H46N2O4. The number of carbonyl (C=O) groups excluding carboxylic acids is 2. The summed E-state index contributed by atoms with van der Waals surface area (Å²) in [6, 6.07) is 7.80. The van der Waals surface area contributed by atoms with E-state index in [1.807, 2.05) is 31.2 Å². The lowest BCUT2D eigenvalue weighted by molar-refractivity contribution is -0.144. The summed E-state index contributed by atoms with van der Waals surface area (Å²) in [5, 5.41) is 18.1. The molecule has 0 bridgehead atoms. The second kappa shape index (κ2) is 11.5. The van der Waals surface area contributed by atoms with E-state index in [2.05, 4.69) is 24.5 Å². The lowest BCUT2D eigenvalue weighted by Crippen LogP contribution is -2.59. The Balaban J connectivity index is 1.39. The van der Waals surface area contributed by atoms with E-state index in [0.717, 1.165) is 62.7 Å². The number of carbonyl (C=O) groups is 2. The first-order valence-electron chi connectivity index (χ1n) is 14.1. The molecule has 6 nitrogen and oxygen atoms in total. The minimum absolute atomic E-state index is 0.0285. The number of nitrogens with one attached hydrogen (secondary N) is 2. The largest absolute Gasteiger partial charge is 0.496 e. The van der Waals surface area contributed by atoms with Crippen molar-refractivity contribution in [1.82, 2.24) is 10.6 Å². The average Bonchev–Trinajstić information content (AvgIpc) is 2.89. The van der Waals surface area contributed by atoms with Gasteiger partial charge in [0, 0.05) is 30.0 Å². The number of benzene rings is 1. The molecule has 0 spiro atoms. The summed E-state index contributed by atoms with van der Waals surface area (Å²) in [6.45, 7) is 6.86. The highest BCUT2D eigenvalue weighted by Crippen LogP contribution is 2.55. The smallest absolute Gasteiger partial charge is 0.223 e. The Kier molecular flexibility index (Phi) is 8.64. The van der Waals surface area contributed by atoms with Crippen LogP contribution in [0.3, 0.4) is 0 Å². The molecule has 0 saturated heterocycles. The maximum atomic E-state index is 13.1. The zero-order valence-electron chi connectivity index (χ0n) is 22.6. The first-order valence-corrected chi connectivity index (χ1v) is 14.1. The lowest BCUT2D eigenvalue weighted by atomic mass is 9.51. The van der Waals surface area contributed by atoms with Gasteiger partial charge in [-0.25, -0.2) is 0 Å². The van der Waals surface area contributed by atoms with Crippen LogP contribution in [0.25, 0.3) is 0 Å². The molecule has 3 aliphatic carbocycles. The first-order chi connectivity index (χ1) is 17.2. The van der Waals surface area contributed by atoms with E-state index in [4.69, 9.17) is 4.74 Å². The highest BCUT2D eigenvalue weighted by Gasteiger charge is 2.54. The Bertz CT molecular complexity index is 914. The highest BCUT2D eigenvalue weighted by molar-refractivity contribution is 5.79. The number of rotatable bonds is 7. The Morgan fingerprint density at radius 2 is 1.81 bits per heavy atom. The quantitative estimate of drug-likeness (QED) is 0.502. The van der Waals surface area contributed by atoms with Crippen molar-refractivity contribution in [2.24, 2.45) is 35.0 Å². The van der Waals surface area contributed by atoms with Gasteiger partial charge in [-0.05, 0) is 67.8 Å². The number of aliphatic hydroxyl groups excluding tert-OH is 1. The van der Waals surface area contributed by atoms with Crippen molar-refractivity contribution in [3.8, 4) is 5.75 Å². The van der Waals surface area contributed by atoms with Crippen LogP contribution in [0.1, 0.15) is 84.1 Å². The lowest BCUT2D eigenvalue weighted by Gasteiger charge is -2.56. The molecule has 1 aromatic rings. The van der Waals surface area contributed by atoms with Crippen molar-refractivity contribution in [1.29, 1.82) is 0 Å². The summed E-state index contributed by atoms with van der Waals surface area (Å²) < 4.78 is 5.41. The van der Waals surface area contributed by atoms with E-state index in [1.54, 1.807) is 7.11 Å². The molecule has 200 valence electrons. The molecule has 3 fully saturated rings. The standard InChI is InChI=1S/C30H46N2O4/c1-19(28(34)31-18-22-12-8-9-13-25(22)36-4)23-14-16-30(3)17-15-24(20(2)26(30)27(23)33)32-29(35)21-10-6-5-7-11-21/h8-9,12-13,19-21,23-24,26-27,33H,5-7,10-11,14-18H2,1-4H3,(H,31,34)(H,32,35)/t19-,20+,23?,24-,26+,27-,30-/m0/s1. The summed E-state index contributed by atoms with van der Waals surface area (Å²) in [7, 11) is 1.63. The molecule has 0 radical (unpaired) electrons. The molecule has 3 N–H and O–H groups in total. The third-order valence-electron chi connectivity index (χ3n) is 9.89. The number of hydrogen-bond donors (Lipinski definition) is 3. The summed E-state index contributed by atoms with van der Waals surface area (Å²) in [6.07, 6.45) is 8.82. The zero-order valence-corrected chi connectivity index (χ0v) is 22.6. The first kappa shape index (κ1) is 27.0. The molecule has 7 atom stereocenters. The maximum Gasteiger partial charge on any atom is 0.223 e. The van der Waals surface area contributed by atoms with Gasteiger partial charge in [0.15, 0.2) is 0 Å². The molecule has 3 aliphatic rings. The summed E-state index contributed by atoms with van der Waals surface area (Å²) in [4.78, 5) is 26.1. The van der Waals surface area contributed by atoms with Crippen molar-refractivity contribution >= 4 is 11.8 Å². The molecule has 0 aliphatic heterocycles. The molecule has 6 heteroatoms. The molecule has 0 aromatic heterocycles. The van der Waals surface area contributed by atoms with E-state index < -0.39 is 6.10 Å². The number of para-hydroxylation sites is 1. The van der Waals surface area contributed by atoms with Gasteiger partial charge in [0.2, 0.25) is 11.8 Å². The van der Waals surface area contributed by atoms with Gasteiger partial charge in [0.05, 0.1) is 13.2 Å². The second-order valence-electron chi connectivity index (χ2n) is 12.0. The number of aliphatic hydroxyl groups is 1. The zero-order chi connectivity index (χ0) is 25.9. The van der Waals surface area contributed by atoms with Crippen LogP contribution in [0, 0.1) is 35.0 Å².